The van der Waals surface area contributed by atoms with Gasteiger partial charge in [0.25, 0.3) is 0 Å². The van der Waals surface area contributed by atoms with Crippen molar-refractivity contribution in [3.63, 3.8) is 0 Å². The predicted molar refractivity (Wildman–Crippen MR) is 120 cm³/mol. The van der Waals surface area contributed by atoms with Gasteiger partial charge in [0, 0.05) is 24.9 Å². The molecule has 2 aromatic rings. The quantitative estimate of drug-likeness (QED) is 0.414. The van der Waals surface area contributed by atoms with Crippen molar-refractivity contribution in [3.8, 4) is 0 Å². The maximum Gasteiger partial charge on any atom is 0.416 e. The summed E-state index contributed by atoms with van der Waals surface area (Å²) in [5.74, 6) is -1.06. The van der Waals surface area contributed by atoms with Crippen LogP contribution in [0.4, 0.5) is 30.7 Å². The first kappa shape index (κ1) is 27.8. The number of rotatable bonds is 5. The highest BCUT2D eigenvalue weighted by molar-refractivity contribution is 5.35. The average molecular weight is 536 g/mol. The van der Waals surface area contributed by atoms with Crippen molar-refractivity contribution in [1.29, 1.82) is 0 Å². The number of ether oxygens (including phenoxy) is 3. The van der Waals surface area contributed by atoms with Crippen LogP contribution in [0.2, 0.25) is 0 Å². The maximum absolute atomic E-state index is 13.7. The Labute approximate surface area is 210 Å². The van der Waals surface area contributed by atoms with Crippen LogP contribution in [0.25, 0.3) is 0 Å². The third-order valence-corrected chi connectivity index (χ3v) is 6.93. The first-order valence-electron chi connectivity index (χ1n) is 11.9. The second kappa shape index (κ2) is 10.9. The van der Waals surface area contributed by atoms with Gasteiger partial charge in [0.15, 0.2) is 6.29 Å². The number of morpholine rings is 1. The molecule has 2 aliphatic rings. The molecule has 11 heteroatoms. The lowest BCUT2D eigenvalue weighted by atomic mass is 9.78. The van der Waals surface area contributed by atoms with Crippen molar-refractivity contribution in [3.05, 3.63) is 70.5 Å². The Bertz CT molecular complexity index is 1030. The van der Waals surface area contributed by atoms with Gasteiger partial charge in [-0.1, -0.05) is 12.1 Å². The summed E-state index contributed by atoms with van der Waals surface area (Å²) in [6, 6.07) is 7.15. The molecule has 0 saturated carbocycles. The molecule has 2 aliphatic heterocycles. The van der Waals surface area contributed by atoms with Crippen molar-refractivity contribution in [1.82, 2.24) is 4.90 Å². The van der Waals surface area contributed by atoms with Crippen LogP contribution in [0, 0.1) is 11.7 Å². The highest BCUT2D eigenvalue weighted by atomic mass is 19.4. The van der Waals surface area contributed by atoms with Gasteiger partial charge in [0.1, 0.15) is 5.82 Å². The van der Waals surface area contributed by atoms with E-state index in [2.05, 4.69) is 4.90 Å². The Morgan fingerprint density at radius 1 is 0.919 bits per heavy atom. The molecule has 2 heterocycles. The van der Waals surface area contributed by atoms with Crippen LogP contribution in [-0.2, 0) is 26.6 Å². The fourth-order valence-electron chi connectivity index (χ4n) is 5.00. The molecule has 0 aromatic heterocycles. The summed E-state index contributed by atoms with van der Waals surface area (Å²) in [4.78, 5) is 2.12. The van der Waals surface area contributed by atoms with E-state index in [0.717, 1.165) is 6.54 Å². The predicted octanol–water partition coefficient (Wildman–Crippen LogP) is 6.42. The van der Waals surface area contributed by atoms with Crippen molar-refractivity contribution in [2.24, 2.45) is 5.92 Å². The maximum atomic E-state index is 13.7. The normalized spacial score (nSPS) is 26.7. The van der Waals surface area contributed by atoms with Gasteiger partial charge in [0.05, 0.1) is 36.5 Å². The molecule has 4 nitrogen and oxygen atoms in total. The molecular formula is C26H28F7NO3. The first-order valence-corrected chi connectivity index (χ1v) is 11.9. The minimum absolute atomic E-state index is 0.0849. The molecule has 0 spiro atoms. The highest BCUT2D eigenvalue weighted by Gasteiger charge is 2.43. The number of likely N-dealkylation sites (N-methyl/N-ethyl adjacent to an activating group) is 1. The topological polar surface area (TPSA) is 30.9 Å². The van der Waals surface area contributed by atoms with E-state index < -0.39 is 47.6 Å². The van der Waals surface area contributed by atoms with Crippen LogP contribution in [-0.4, -0.2) is 50.6 Å². The lowest BCUT2D eigenvalue weighted by molar-refractivity contribution is -0.223. The number of hydrogen-bond donors (Lipinski definition) is 0. The van der Waals surface area contributed by atoms with Crippen LogP contribution >= 0.6 is 0 Å². The molecule has 4 rings (SSSR count). The van der Waals surface area contributed by atoms with Crippen molar-refractivity contribution >= 4 is 0 Å². The van der Waals surface area contributed by atoms with Crippen LogP contribution in [0.5, 0.6) is 0 Å². The number of alkyl halides is 6. The molecule has 5 atom stereocenters. The summed E-state index contributed by atoms with van der Waals surface area (Å²) in [6.07, 6.45) is -11.7. The minimum atomic E-state index is -4.97. The van der Waals surface area contributed by atoms with Gasteiger partial charge >= 0.3 is 12.4 Å². The molecule has 2 fully saturated rings. The van der Waals surface area contributed by atoms with E-state index >= 15 is 0 Å². The van der Waals surface area contributed by atoms with E-state index in [1.807, 2.05) is 7.05 Å². The van der Waals surface area contributed by atoms with E-state index in [1.165, 1.54) is 19.1 Å². The summed E-state index contributed by atoms with van der Waals surface area (Å²) < 4.78 is 112. The van der Waals surface area contributed by atoms with Crippen LogP contribution in [0.15, 0.2) is 42.5 Å². The third-order valence-electron chi connectivity index (χ3n) is 6.93. The zero-order valence-electron chi connectivity index (χ0n) is 20.3. The second-order valence-electron chi connectivity index (χ2n) is 9.56. The first-order chi connectivity index (χ1) is 17.3. The molecule has 204 valence electrons. The summed E-state index contributed by atoms with van der Waals surface area (Å²) in [6.45, 7) is 3.55. The van der Waals surface area contributed by atoms with Gasteiger partial charge in [-0.05, 0) is 61.9 Å². The van der Waals surface area contributed by atoms with E-state index in [1.54, 1.807) is 12.1 Å². The van der Waals surface area contributed by atoms with Gasteiger partial charge in [0.2, 0.25) is 0 Å². The van der Waals surface area contributed by atoms with E-state index in [9.17, 15) is 30.7 Å². The zero-order valence-corrected chi connectivity index (χ0v) is 20.3. The molecule has 0 aliphatic carbocycles. The Balaban J connectivity index is 1.66. The smallest absolute Gasteiger partial charge is 0.375 e. The fraction of sp³-hybridized carbons (Fsp3) is 0.538. The molecule has 2 unspecified atom stereocenters. The van der Waals surface area contributed by atoms with Crippen molar-refractivity contribution in [2.75, 3.05) is 33.4 Å². The molecule has 2 saturated heterocycles. The Kier molecular flexibility index (Phi) is 8.18. The van der Waals surface area contributed by atoms with Gasteiger partial charge in [-0.25, -0.2) is 4.39 Å². The molecule has 0 bridgehead atoms. The third kappa shape index (κ3) is 6.63. The number of nitrogens with zero attached hydrogens (tertiary/aromatic N) is 1. The number of hydrogen-bond acceptors (Lipinski definition) is 4. The van der Waals surface area contributed by atoms with E-state index in [4.69, 9.17) is 14.2 Å². The van der Waals surface area contributed by atoms with Crippen molar-refractivity contribution < 1.29 is 44.9 Å². The Morgan fingerprint density at radius 2 is 1.54 bits per heavy atom. The summed E-state index contributed by atoms with van der Waals surface area (Å²) in [5.41, 5.74) is -2.42. The van der Waals surface area contributed by atoms with Crippen molar-refractivity contribution in [2.45, 2.75) is 50.1 Å². The van der Waals surface area contributed by atoms with E-state index in [0.29, 0.717) is 37.3 Å². The molecular weight excluding hydrogens is 507 g/mol. The van der Waals surface area contributed by atoms with E-state index in [-0.39, 0.29) is 30.3 Å². The molecule has 0 N–H and O–H groups in total. The lowest BCUT2D eigenvalue weighted by Gasteiger charge is -2.44. The van der Waals surface area contributed by atoms with Crippen LogP contribution in [0.3, 0.4) is 0 Å². The summed E-state index contributed by atoms with van der Waals surface area (Å²) in [5, 5.41) is 0. The highest BCUT2D eigenvalue weighted by Crippen LogP contribution is 2.43. The summed E-state index contributed by atoms with van der Waals surface area (Å²) >= 11 is 0. The minimum Gasteiger partial charge on any atom is -0.375 e. The SMILES string of the molecule is CC(O[C@H]1OCC[C@@H](C2CN(C)CCO2)[C@@H]1c1ccc(F)cc1)c1cc(C(F)(F)F)cc(C(F)(F)F)c1. The second-order valence-corrected chi connectivity index (χ2v) is 9.56. The average Bonchev–Trinajstić information content (AvgIpc) is 2.83. The van der Waals surface area contributed by atoms with Crippen LogP contribution in [0.1, 0.15) is 47.6 Å². The Hall–Kier alpha value is -2.21. The number of benzene rings is 2. The molecule has 0 amide bonds. The van der Waals surface area contributed by atoms with Gasteiger partial charge in [-0.2, -0.15) is 26.3 Å². The number of halogens is 7. The molecule has 2 aromatic carbocycles. The molecule has 0 radical (unpaired) electrons. The monoisotopic (exact) mass is 535 g/mol. The lowest BCUT2D eigenvalue weighted by Crippen LogP contribution is -2.49. The van der Waals surface area contributed by atoms with Gasteiger partial charge in [-0.15, -0.1) is 0 Å². The summed E-state index contributed by atoms with van der Waals surface area (Å²) in [7, 11) is 1.96. The fourth-order valence-corrected chi connectivity index (χ4v) is 5.00. The standard InChI is InChI=1S/C26H28F7NO3/c1-15(17-11-18(25(28,29)30)13-19(12-17)26(31,32)33)37-24-23(16-3-5-20(27)6-4-16)21(7-9-36-24)22-14-34(2)8-10-35-22/h3-6,11-13,15,21-24H,7-10,14H2,1-2H3/t15?,21-,22?,23-,24+/m0/s1. The van der Waals surface area contributed by atoms with Gasteiger partial charge < -0.3 is 19.1 Å². The Morgan fingerprint density at radius 3 is 2.11 bits per heavy atom. The van der Waals surface area contributed by atoms with Crippen LogP contribution < -0.4 is 0 Å². The largest absolute Gasteiger partial charge is 0.416 e. The molecule has 37 heavy (non-hydrogen) atoms. The van der Waals surface area contributed by atoms with Gasteiger partial charge in [-0.3, -0.25) is 0 Å². The zero-order chi connectivity index (χ0) is 27.0.